The molecule has 2 heterocycles. The van der Waals surface area contributed by atoms with Crippen molar-refractivity contribution in [1.29, 1.82) is 0 Å². The molecule has 4 aromatic rings. The Kier molecular flexibility index (Phi) is 6.86. The summed E-state index contributed by atoms with van der Waals surface area (Å²) in [4.78, 5) is 13.5. The summed E-state index contributed by atoms with van der Waals surface area (Å²) in [6.45, 7) is 2.05. The maximum Gasteiger partial charge on any atom is 0.253 e. The van der Waals surface area contributed by atoms with Crippen molar-refractivity contribution in [3.8, 4) is 17.1 Å². The molecule has 0 fully saturated rings. The minimum absolute atomic E-state index is 0.0770. The lowest BCUT2D eigenvalue weighted by Gasteiger charge is -2.22. The van der Waals surface area contributed by atoms with Crippen LogP contribution in [0, 0.1) is 6.92 Å². The van der Waals surface area contributed by atoms with E-state index in [0.717, 1.165) is 39.5 Å². The molecule has 3 aromatic carbocycles. The van der Waals surface area contributed by atoms with Gasteiger partial charge in [0.2, 0.25) is 0 Å². The van der Waals surface area contributed by atoms with Crippen LogP contribution in [0.3, 0.4) is 0 Å². The zero-order valence-corrected chi connectivity index (χ0v) is 21.3. The first-order valence-corrected chi connectivity index (χ1v) is 12.7. The number of thioether (sulfide) groups is 1. The van der Waals surface area contributed by atoms with Gasteiger partial charge in [-0.25, -0.2) is 5.01 Å². The molecule has 1 amide bonds. The molecule has 1 aliphatic heterocycles. The number of rotatable bonds is 7. The van der Waals surface area contributed by atoms with Gasteiger partial charge in [0, 0.05) is 19.0 Å². The molecule has 182 valence electrons. The first-order valence-electron chi connectivity index (χ1n) is 11.7. The highest BCUT2D eigenvalue weighted by Crippen LogP contribution is 2.34. The van der Waals surface area contributed by atoms with Crippen molar-refractivity contribution >= 4 is 23.4 Å². The number of hydrazone groups is 1. The van der Waals surface area contributed by atoms with E-state index in [-0.39, 0.29) is 17.7 Å². The van der Waals surface area contributed by atoms with Gasteiger partial charge < -0.3 is 9.30 Å². The van der Waals surface area contributed by atoms with Crippen LogP contribution in [0.5, 0.6) is 5.75 Å². The number of nitrogens with zero attached hydrogens (tertiary/aromatic N) is 5. The number of methoxy groups -OCH3 is 1. The molecule has 0 bridgehead atoms. The van der Waals surface area contributed by atoms with Crippen molar-refractivity contribution in [2.24, 2.45) is 12.1 Å². The molecule has 8 heteroatoms. The Balaban J connectivity index is 1.36. The van der Waals surface area contributed by atoms with Crippen molar-refractivity contribution in [3.63, 3.8) is 0 Å². The van der Waals surface area contributed by atoms with Crippen molar-refractivity contribution in [3.05, 3.63) is 95.6 Å². The third-order valence-electron chi connectivity index (χ3n) is 6.21. The molecule has 0 saturated heterocycles. The summed E-state index contributed by atoms with van der Waals surface area (Å²) < 4.78 is 7.23. The highest BCUT2D eigenvalue weighted by molar-refractivity contribution is 7.99. The van der Waals surface area contributed by atoms with Crippen LogP contribution in [-0.2, 0) is 11.8 Å². The molecule has 1 aliphatic rings. The van der Waals surface area contributed by atoms with Gasteiger partial charge in [0.15, 0.2) is 11.0 Å². The number of amides is 1. The Morgan fingerprint density at radius 2 is 1.75 bits per heavy atom. The van der Waals surface area contributed by atoms with Crippen molar-refractivity contribution in [2.45, 2.75) is 24.5 Å². The normalized spacial score (nSPS) is 15.1. The average molecular weight is 498 g/mol. The lowest BCUT2D eigenvalue weighted by atomic mass is 9.98. The van der Waals surface area contributed by atoms with Crippen LogP contribution in [0.25, 0.3) is 11.4 Å². The molecule has 1 atom stereocenters. The van der Waals surface area contributed by atoms with Gasteiger partial charge in [-0.15, -0.1) is 10.2 Å². The predicted molar refractivity (Wildman–Crippen MR) is 142 cm³/mol. The number of aryl methyl sites for hydroxylation is 1. The smallest absolute Gasteiger partial charge is 0.253 e. The van der Waals surface area contributed by atoms with E-state index in [1.54, 1.807) is 12.1 Å². The van der Waals surface area contributed by atoms with Gasteiger partial charge in [0.1, 0.15) is 5.75 Å². The fourth-order valence-corrected chi connectivity index (χ4v) is 5.06. The molecule has 7 nitrogen and oxygen atoms in total. The number of aromatic nitrogens is 3. The van der Waals surface area contributed by atoms with E-state index in [1.165, 1.54) is 11.8 Å². The van der Waals surface area contributed by atoms with Crippen molar-refractivity contribution in [2.75, 3.05) is 12.9 Å². The molecule has 1 aromatic heterocycles. The van der Waals surface area contributed by atoms with Gasteiger partial charge in [-0.2, -0.15) is 5.10 Å². The second-order valence-corrected chi connectivity index (χ2v) is 9.61. The Morgan fingerprint density at radius 3 is 2.47 bits per heavy atom. The largest absolute Gasteiger partial charge is 0.497 e. The van der Waals surface area contributed by atoms with Crippen LogP contribution in [0.1, 0.15) is 29.2 Å². The van der Waals surface area contributed by atoms with E-state index in [0.29, 0.717) is 11.6 Å². The molecule has 0 radical (unpaired) electrons. The van der Waals surface area contributed by atoms with E-state index in [9.17, 15) is 4.79 Å². The quantitative estimate of drug-likeness (QED) is 0.325. The first-order chi connectivity index (χ1) is 17.5. The molecule has 0 N–H and O–H groups in total. The third-order valence-corrected chi connectivity index (χ3v) is 7.21. The Bertz CT molecular complexity index is 1400. The average Bonchev–Trinajstić information content (AvgIpc) is 3.52. The van der Waals surface area contributed by atoms with Gasteiger partial charge in [-0.1, -0.05) is 78.0 Å². The van der Waals surface area contributed by atoms with Crippen molar-refractivity contribution < 1.29 is 9.53 Å². The van der Waals surface area contributed by atoms with E-state index in [4.69, 9.17) is 9.84 Å². The molecule has 5 rings (SSSR count). The molecule has 36 heavy (non-hydrogen) atoms. The monoisotopic (exact) mass is 497 g/mol. The Hall–Kier alpha value is -3.91. The predicted octanol–water partition coefficient (Wildman–Crippen LogP) is 5.27. The first kappa shape index (κ1) is 23.8. The van der Waals surface area contributed by atoms with Crippen LogP contribution in [0.4, 0.5) is 0 Å². The summed E-state index contributed by atoms with van der Waals surface area (Å²) in [6, 6.07) is 25.8. The second kappa shape index (κ2) is 10.4. The molecular weight excluding hydrogens is 470 g/mol. The zero-order valence-electron chi connectivity index (χ0n) is 20.5. The van der Waals surface area contributed by atoms with E-state index in [1.807, 2.05) is 91.3 Å². The lowest BCUT2D eigenvalue weighted by molar-refractivity contribution is -0.130. The van der Waals surface area contributed by atoms with E-state index >= 15 is 0 Å². The molecule has 0 aliphatic carbocycles. The van der Waals surface area contributed by atoms with Gasteiger partial charge in [-0.3, -0.25) is 4.79 Å². The van der Waals surface area contributed by atoms with Crippen LogP contribution in [0.2, 0.25) is 0 Å². The molecule has 0 spiro atoms. The minimum atomic E-state index is -0.179. The number of carbonyl (C=O) groups is 1. The van der Waals surface area contributed by atoms with Gasteiger partial charge in [-0.05, 0) is 36.2 Å². The Labute approximate surface area is 214 Å². The van der Waals surface area contributed by atoms with Crippen LogP contribution >= 0.6 is 11.8 Å². The summed E-state index contributed by atoms with van der Waals surface area (Å²) in [7, 11) is 3.57. The summed E-state index contributed by atoms with van der Waals surface area (Å²) in [5, 5.41) is 15.8. The highest BCUT2D eigenvalue weighted by atomic mass is 32.2. The summed E-state index contributed by atoms with van der Waals surface area (Å²) in [6.07, 6.45) is 0.647. The Morgan fingerprint density at radius 1 is 1.00 bits per heavy atom. The summed E-state index contributed by atoms with van der Waals surface area (Å²) >= 11 is 1.37. The molecular formula is C28H27N5O2S. The zero-order chi connectivity index (χ0) is 25.1. The van der Waals surface area contributed by atoms with E-state index in [2.05, 4.69) is 16.3 Å². The maximum atomic E-state index is 13.5. The SMILES string of the molecule is COc1ccc([C@@H]2CC(c3ccccc3)=NN2C(=O)CSc2nnc(-c3cccc(C)c3)n2C)cc1. The topological polar surface area (TPSA) is 72.6 Å². The third kappa shape index (κ3) is 4.90. The maximum absolute atomic E-state index is 13.5. The summed E-state index contributed by atoms with van der Waals surface area (Å²) in [5.74, 6) is 1.68. The fraction of sp³-hybridized carbons (Fsp3) is 0.214. The van der Waals surface area contributed by atoms with E-state index < -0.39 is 0 Å². The van der Waals surface area contributed by atoms with Gasteiger partial charge in [0.25, 0.3) is 5.91 Å². The standard InChI is InChI=1S/C28H27N5O2S/c1-19-8-7-11-22(16-19)27-29-30-28(32(27)2)36-18-26(34)33-25(21-12-14-23(35-3)15-13-21)17-24(31-33)20-9-5-4-6-10-20/h4-16,25H,17-18H2,1-3H3/t25-/m0/s1. The number of hydrogen-bond acceptors (Lipinski definition) is 6. The fourth-order valence-electron chi connectivity index (χ4n) is 4.30. The minimum Gasteiger partial charge on any atom is -0.497 e. The second-order valence-electron chi connectivity index (χ2n) is 8.67. The van der Waals surface area contributed by atoms with Gasteiger partial charge >= 0.3 is 0 Å². The molecule has 0 unspecified atom stereocenters. The number of benzene rings is 3. The van der Waals surface area contributed by atoms with Crippen LogP contribution in [0.15, 0.2) is 89.1 Å². The number of ether oxygens (including phenoxy) is 1. The number of hydrogen-bond donors (Lipinski definition) is 0. The van der Waals surface area contributed by atoms with Crippen LogP contribution in [-0.4, -0.2) is 44.3 Å². The highest BCUT2D eigenvalue weighted by Gasteiger charge is 2.33. The molecule has 0 saturated carbocycles. The summed E-state index contributed by atoms with van der Waals surface area (Å²) in [5.41, 5.74) is 5.10. The van der Waals surface area contributed by atoms with Crippen molar-refractivity contribution in [1.82, 2.24) is 19.8 Å². The van der Waals surface area contributed by atoms with Gasteiger partial charge in [0.05, 0.1) is 24.6 Å². The lowest BCUT2D eigenvalue weighted by Crippen LogP contribution is -2.28. The number of carbonyl (C=O) groups excluding carboxylic acids is 1. The van der Waals surface area contributed by atoms with Crippen LogP contribution < -0.4 is 4.74 Å².